The van der Waals surface area contributed by atoms with Gasteiger partial charge in [0.25, 0.3) is 0 Å². The number of hydrogen-bond acceptors (Lipinski definition) is 2. The molecule has 0 saturated heterocycles. The molecule has 0 aliphatic heterocycles. The van der Waals surface area contributed by atoms with E-state index in [9.17, 15) is 0 Å². The molecule has 0 atom stereocenters. The maximum absolute atomic E-state index is 2.46. The van der Waals surface area contributed by atoms with Crippen LogP contribution < -0.4 is 9.80 Å². The van der Waals surface area contributed by atoms with Crippen LogP contribution in [0.15, 0.2) is 267 Å². The molecule has 15 aromatic rings. The van der Waals surface area contributed by atoms with Crippen molar-refractivity contribution in [3.8, 4) is 22.5 Å². The van der Waals surface area contributed by atoms with Crippen molar-refractivity contribution in [2.24, 2.45) is 0 Å². The largest absolute Gasteiger partial charge is 0.310 e. The first kappa shape index (κ1) is 40.3. The lowest BCUT2D eigenvalue weighted by Crippen LogP contribution is -2.11. The number of hydrogen-bond donors (Lipinski definition) is 0. The van der Waals surface area contributed by atoms with Gasteiger partial charge < -0.3 is 18.9 Å². The number of rotatable bonds is 9. The third-order valence-corrected chi connectivity index (χ3v) is 15.0. The molecule has 0 aliphatic carbocycles. The Morgan fingerprint density at radius 2 is 0.653 bits per heavy atom. The van der Waals surface area contributed by atoms with Crippen molar-refractivity contribution in [2.45, 2.75) is 0 Å². The summed E-state index contributed by atoms with van der Waals surface area (Å²) in [5.74, 6) is 0. The first-order valence-electron chi connectivity index (χ1n) is 24.8. The van der Waals surface area contributed by atoms with Gasteiger partial charge in [-0.3, -0.25) is 0 Å². The van der Waals surface area contributed by atoms with E-state index >= 15 is 0 Å². The molecule has 0 fully saturated rings. The molecule has 2 aromatic heterocycles. The molecule has 0 amide bonds. The Kier molecular flexibility index (Phi) is 8.92. The maximum atomic E-state index is 2.46. The van der Waals surface area contributed by atoms with E-state index in [-0.39, 0.29) is 0 Å². The summed E-state index contributed by atoms with van der Waals surface area (Å²) in [5.41, 5.74) is 16.2. The Morgan fingerprint density at radius 1 is 0.236 bits per heavy atom. The third kappa shape index (κ3) is 5.99. The van der Waals surface area contributed by atoms with Crippen LogP contribution in [0.5, 0.6) is 0 Å². The summed E-state index contributed by atoms with van der Waals surface area (Å²) in [5, 5.41) is 12.4. The van der Waals surface area contributed by atoms with Crippen LogP contribution in [0.3, 0.4) is 0 Å². The van der Waals surface area contributed by atoms with Gasteiger partial charge in [-0.2, -0.15) is 0 Å². The second-order valence-corrected chi connectivity index (χ2v) is 18.8. The summed E-state index contributed by atoms with van der Waals surface area (Å²) in [4.78, 5) is 4.88. The lowest BCUT2D eigenvalue weighted by molar-refractivity contribution is 1.18. The van der Waals surface area contributed by atoms with Crippen LogP contribution in [-0.4, -0.2) is 9.13 Å². The topological polar surface area (TPSA) is 16.3 Å². The van der Waals surface area contributed by atoms with Crippen molar-refractivity contribution in [3.05, 3.63) is 267 Å². The quantitative estimate of drug-likeness (QED) is 0.134. The van der Waals surface area contributed by atoms with Gasteiger partial charge in [-0.05, 0) is 130 Å². The monoisotopic (exact) mass is 916 g/mol. The summed E-state index contributed by atoms with van der Waals surface area (Å²) < 4.78 is 4.83. The number of aromatic nitrogens is 2. The first-order valence-corrected chi connectivity index (χ1v) is 24.8. The Labute approximate surface area is 416 Å². The van der Waals surface area contributed by atoms with Crippen molar-refractivity contribution in [3.63, 3.8) is 0 Å². The summed E-state index contributed by atoms with van der Waals surface area (Å²) in [6.07, 6.45) is 0. The number of fused-ring (bicyclic) bond motifs is 1. The predicted molar refractivity (Wildman–Crippen MR) is 305 cm³/mol. The van der Waals surface area contributed by atoms with E-state index in [1.807, 2.05) is 0 Å². The fourth-order valence-electron chi connectivity index (χ4n) is 12.0. The van der Waals surface area contributed by atoms with Crippen molar-refractivity contribution in [1.82, 2.24) is 9.13 Å². The Balaban J connectivity index is 0.872. The molecule has 336 valence electrons. The molecular weight excluding hydrogens is 873 g/mol. The number of benzene rings is 13. The van der Waals surface area contributed by atoms with Gasteiger partial charge in [-0.25, -0.2) is 0 Å². The van der Waals surface area contributed by atoms with Crippen LogP contribution in [0.1, 0.15) is 0 Å². The van der Waals surface area contributed by atoms with E-state index in [0.717, 1.165) is 51.1 Å². The minimum absolute atomic E-state index is 1.09. The molecule has 0 bridgehead atoms. The molecule has 0 saturated carbocycles. The second kappa shape index (κ2) is 16.0. The molecule has 13 aromatic carbocycles. The Morgan fingerprint density at radius 3 is 1.19 bits per heavy atom. The molecule has 0 unspecified atom stereocenters. The highest BCUT2D eigenvalue weighted by Crippen LogP contribution is 2.50. The summed E-state index contributed by atoms with van der Waals surface area (Å²) >= 11 is 0. The van der Waals surface area contributed by atoms with Crippen molar-refractivity contribution in [2.75, 3.05) is 9.80 Å². The van der Waals surface area contributed by atoms with Gasteiger partial charge in [0.2, 0.25) is 0 Å². The van der Waals surface area contributed by atoms with E-state index in [2.05, 4.69) is 286 Å². The van der Waals surface area contributed by atoms with Crippen LogP contribution in [0, 0.1) is 0 Å². The normalized spacial score (nSPS) is 11.9. The molecule has 4 nitrogen and oxygen atoms in total. The van der Waals surface area contributed by atoms with Gasteiger partial charge in [-0.1, -0.05) is 164 Å². The van der Waals surface area contributed by atoms with E-state index in [4.69, 9.17) is 0 Å². The molecular formula is C68H44N4. The summed E-state index contributed by atoms with van der Waals surface area (Å²) in [6.45, 7) is 0. The Bertz CT molecular complexity index is 4480. The van der Waals surface area contributed by atoms with E-state index in [1.165, 1.54) is 81.5 Å². The zero-order chi connectivity index (χ0) is 47.3. The van der Waals surface area contributed by atoms with Crippen LogP contribution in [0.2, 0.25) is 0 Å². The SMILES string of the molecule is c1ccc(N(c2ccc(-c3ccc(N(c4ccccc4)c4ccc5c6c4ccc4cccc(c46)n5-c4ccccc4)c4ccccc34)cc2)c2ccc3c4c2ccc2cccc(c24)n3-c2ccccc2)cc1. The zero-order valence-corrected chi connectivity index (χ0v) is 39.2. The fourth-order valence-corrected chi connectivity index (χ4v) is 12.0. The van der Waals surface area contributed by atoms with Gasteiger partial charge in [0.1, 0.15) is 0 Å². The van der Waals surface area contributed by atoms with Crippen molar-refractivity contribution in [1.29, 1.82) is 0 Å². The molecule has 0 N–H and O–H groups in total. The van der Waals surface area contributed by atoms with E-state index in [0.29, 0.717) is 0 Å². The average Bonchev–Trinajstić information content (AvgIpc) is 3.98. The van der Waals surface area contributed by atoms with Crippen LogP contribution in [-0.2, 0) is 0 Å². The van der Waals surface area contributed by atoms with Crippen LogP contribution in [0.25, 0.3) is 98.4 Å². The van der Waals surface area contributed by atoms with Crippen LogP contribution >= 0.6 is 0 Å². The zero-order valence-electron chi connectivity index (χ0n) is 39.2. The summed E-state index contributed by atoms with van der Waals surface area (Å²) in [6, 6.07) is 97.6. The summed E-state index contributed by atoms with van der Waals surface area (Å²) in [7, 11) is 0. The van der Waals surface area contributed by atoms with Gasteiger partial charge in [0.15, 0.2) is 0 Å². The molecule has 15 rings (SSSR count). The minimum atomic E-state index is 1.09. The molecule has 0 spiro atoms. The molecule has 0 radical (unpaired) electrons. The highest BCUT2D eigenvalue weighted by atomic mass is 15.2. The molecule has 2 heterocycles. The smallest absolute Gasteiger partial charge is 0.0548 e. The van der Waals surface area contributed by atoms with Crippen LogP contribution in [0.4, 0.5) is 34.1 Å². The fraction of sp³-hybridized carbons (Fsp3) is 0. The standard InChI is InChI=1S/C68H44N4/c1-5-19-48(20-6-1)69(59-41-43-63-67-56(59)37-33-46-17-15-29-61(65(46)67)71(63)50-23-9-3-10-24-50)52-35-31-45(32-36-52)53-39-40-58(55-28-14-13-27-54(53)55)70(49-21-7-2-8-22-49)60-42-44-64-68-57(60)38-34-47-18-16-30-62(66(47)68)72(64)51-25-11-4-12-26-51/h1-44H. The molecule has 72 heavy (non-hydrogen) atoms. The number of anilines is 6. The lowest BCUT2D eigenvalue weighted by Gasteiger charge is -2.29. The van der Waals surface area contributed by atoms with E-state index < -0.39 is 0 Å². The highest BCUT2D eigenvalue weighted by molar-refractivity contribution is 6.28. The highest BCUT2D eigenvalue weighted by Gasteiger charge is 2.25. The minimum Gasteiger partial charge on any atom is -0.310 e. The third-order valence-electron chi connectivity index (χ3n) is 15.0. The Hall–Kier alpha value is -9.64. The maximum Gasteiger partial charge on any atom is 0.0548 e. The number of nitrogens with zero attached hydrogens (tertiary/aromatic N) is 4. The van der Waals surface area contributed by atoms with Crippen molar-refractivity contribution >= 4 is 110 Å². The average molecular weight is 917 g/mol. The molecule has 0 aliphatic rings. The van der Waals surface area contributed by atoms with Gasteiger partial charge in [0.05, 0.1) is 39.1 Å². The van der Waals surface area contributed by atoms with E-state index in [1.54, 1.807) is 0 Å². The number of para-hydroxylation sites is 4. The molecule has 4 heteroatoms. The first-order chi connectivity index (χ1) is 35.8. The lowest BCUT2D eigenvalue weighted by atomic mass is 9.95. The van der Waals surface area contributed by atoms with Gasteiger partial charge in [0, 0.05) is 66.1 Å². The van der Waals surface area contributed by atoms with Gasteiger partial charge >= 0.3 is 0 Å². The van der Waals surface area contributed by atoms with Crippen molar-refractivity contribution < 1.29 is 0 Å². The second-order valence-electron chi connectivity index (χ2n) is 18.8. The predicted octanol–water partition coefficient (Wildman–Crippen LogP) is 18.8. The van der Waals surface area contributed by atoms with Gasteiger partial charge in [-0.15, -0.1) is 0 Å².